The van der Waals surface area contributed by atoms with Crippen LogP contribution in [0.2, 0.25) is 0 Å². The standard InChI is InChI=1S/C16H16F5N5O3/c17-15(18,16(19,20)21)10-7-9(22-11(23-10)8-3-4-8)12-24-29-14(28)26(12)13(27)25-5-1-2-6-25/h7-8,11,23H,1-6H2. The Balaban J connectivity index is 1.77. The molecule has 2 aliphatic heterocycles. The van der Waals surface area contributed by atoms with Gasteiger partial charge in [0.05, 0.1) is 5.70 Å². The van der Waals surface area contributed by atoms with Crippen molar-refractivity contribution in [3.05, 3.63) is 28.1 Å². The summed E-state index contributed by atoms with van der Waals surface area (Å²) in [5, 5.41) is 5.56. The van der Waals surface area contributed by atoms with Gasteiger partial charge in [-0.05, 0) is 37.7 Å². The number of carbonyl (C=O) groups is 1. The smallest absolute Gasteiger partial charge is 0.362 e. The van der Waals surface area contributed by atoms with Crippen LogP contribution in [-0.4, -0.2) is 57.7 Å². The Morgan fingerprint density at radius 1 is 1.17 bits per heavy atom. The van der Waals surface area contributed by atoms with Crippen molar-refractivity contribution in [2.45, 2.75) is 43.9 Å². The number of carbonyl (C=O) groups excluding carboxylic acids is 1. The summed E-state index contributed by atoms with van der Waals surface area (Å²) in [5.74, 6) is -7.08. The minimum absolute atomic E-state index is 0.237. The van der Waals surface area contributed by atoms with Gasteiger partial charge in [-0.15, -0.1) is 0 Å². The molecule has 1 atom stereocenters. The van der Waals surface area contributed by atoms with E-state index in [1.807, 2.05) is 0 Å². The lowest BCUT2D eigenvalue weighted by molar-refractivity contribution is -0.266. The lowest BCUT2D eigenvalue weighted by atomic mass is 10.1. The van der Waals surface area contributed by atoms with Gasteiger partial charge in [0.1, 0.15) is 11.9 Å². The van der Waals surface area contributed by atoms with Crippen molar-refractivity contribution in [2.24, 2.45) is 10.9 Å². The highest BCUT2D eigenvalue weighted by Crippen LogP contribution is 2.43. The number of amides is 1. The number of hydrogen-bond acceptors (Lipinski definition) is 6. The molecule has 1 aliphatic carbocycles. The molecule has 13 heteroatoms. The van der Waals surface area contributed by atoms with Gasteiger partial charge in [-0.1, -0.05) is 5.16 Å². The second-order valence-corrected chi connectivity index (χ2v) is 7.16. The molecule has 1 N–H and O–H groups in total. The van der Waals surface area contributed by atoms with Crippen molar-refractivity contribution in [1.29, 1.82) is 0 Å². The first-order chi connectivity index (χ1) is 13.6. The number of aromatic nitrogens is 2. The average Bonchev–Trinajstić information content (AvgIpc) is 3.22. The maximum atomic E-state index is 14.0. The van der Waals surface area contributed by atoms with Crippen LogP contribution in [0.5, 0.6) is 0 Å². The van der Waals surface area contributed by atoms with Crippen molar-refractivity contribution >= 4 is 11.7 Å². The Hall–Kier alpha value is -2.73. The van der Waals surface area contributed by atoms with Gasteiger partial charge in [-0.2, -0.15) is 26.5 Å². The van der Waals surface area contributed by atoms with Crippen LogP contribution in [0.4, 0.5) is 26.7 Å². The first-order valence-corrected chi connectivity index (χ1v) is 8.99. The Morgan fingerprint density at radius 3 is 2.41 bits per heavy atom. The molecule has 1 saturated heterocycles. The number of rotatable bonds is 3. The van der Waals surface area contributed by atoms with Crippen LogP contribution in [0.15, 0.2) is 26.1 Å². The van der Waals surface area contributed by atoms with Gasteiger partial charge < -0.3 is 10.2 Å². The predicted molar refractivity (Wildman–Crippen MR) is 87.6 cm³/mol. The van der Waals surface area contributed by atoms with Crippen LogP contribution in [0.3, 0.4) is 0 Å². The molecule has 1 saturated carbocycles. The number of allylic oxidation sites excluding steroid dienone is 2. The van der Waals surface area contributed by atoms with Crippen LogP contribution in [0.25, 0.3) is 0 Å². The molecule has 2 fully saturated rings. The van der Waals surface area contributed by atoms with Gasteiger partial charge in [0.2, 0.25) is 5.82 Å². The van der Waals surface area contributed by atoms with E-state index in [1.54, 1.807) is 0 Å². The number of hydrogen-bond donors (Lipinski definition) is 1. The average molecular weight is 421 g/mol. The lowest BCUT2D eigenvalue weighted by Gasteiger charge is -2.29. The van der Waals surface area contributed by atoms with Crippen LogP contribution in [0, 0.1) is 5.92 Å². The number of halogens is 5. The van der Waals surface area contributed by atoms with Gasteiger partial charge in [0.15, 0.2) is 0 Å². The summed E-state index contributed by atoms with van der Waals surface area (Å²) in [6.07, 6.45) is -3.81. The topological polar surface area (TPSA) is 92.7 Å². The van der Waals surface area contributed by atoms with Crippen LogP contribution >= 0.6 is 0 Å². The summed E-state index contributed by atoms with van der Waals surface area (Å²) in [4.78, 5) is 30.1. The number of nitrogens with one attached hydrogen (secondary N) is 1. The molecule has 1 aromatic rings. The molecule has 0 bridgehead atoms. The molecule has 158 valence electrons. The molecule has 1 amide bonds. The van der Waals surface area contributed by atoms with E-state index in [0.29, 0.717) is 36.6 Å². The molecule has 4 rings (SSSR count). The van der Waals surface area contributed by atoms with E-state index >= 15 is 0 Å². The van der Waals surface area contributed by atoms with E-state index in [2.05, 4.69) is 20.0 Å². The molecule has 1 aromatic heterocycles. The maximum absolute atomic E-state index is 14.0. The van der Waals surface area contributed by atoms with Crippen molar-refractivity contribution in [2.75, 3.05) is 13.1 Å². The fourth-order valence-electron chi connectivity index (χ4n) is 3.28. The van der Waals surface area contributed by atoms with Crippen molar-refractivity contribution in [3.63, 3.8) is 0 Å². The minimum Gasteiger partial charge on any atom is -0.362 e. The Morgan fingerprint density at radius 2 is 1.83 bits per heavy atom. The molecular weight excluding hydrogens is 405 g/mol. The summed E-state index contributed by atoms with van der Waals surface area (Å²) in [7, 11) is 0. The largest absolute Gasteiger partial charge is 0.459 e. The molecule has 0 spiro atoms. The quantitative estimate of drug-likeness (QED) is 0.755. The summed E-state index contributed by atoms with van der Waals surface area (Å²) >= 11 is 0. The highest BCUT2D eigenvalue weighted by molar-refractivity contribution is 6.08. The van der Waals surface area contributed by atoms with Crippen molar-refractivity contribution in [3.8, 4) is 0 Å². The van der Waals surface area contributed by atoms with E-state index in [0.717, 1.165) is 12.8 Å². The van der Waals surface area contributed by atoms with Gasteiger partial charge in [-0.25, -0.2) is 9.59 Å². The molecule has 3 heterocycles. The Labute approximate surface area is 160 Å². The summed E-state index contributed by atoms with van der Waals surface area (Å²) in [5.41, 5.74) is -1.86. The first-order valence-electron chi connectivity index (χ1n) is 8.99. The zero-order valence-electron chi connectivity index (χ0n) is 14.9. The minimum atomic E-state index is -5.84. The lowest BCUT2D eigenvalue weighted by Crippen LogP contribution is -2.48. The Kier molecular flexibility index (Phi) is 4.50. The van der Waals surface area contributed by atoms with Gasteiger partial charge in [0.25, 0.3) is 0 Å². The molecular formula is C16H16F5N5O3. The normalized spacial score (nSPS) is 22.9. The third-order valence-corrected chi connectivity index (χ3v) is 5.03. The third-order valence-electron chi connectivity index (χ3n) is 5.03. The first kappa shape index (κ1) is 19.6. The zero-order chi connectivity index (χ0) is 21.0. The van der Waals surface area contributed by atoms with Crippen LogP contribution < -0.4 is 11.1 Å². The maximum Gasteiger partial charge on any atom is 0.459 e. The Bertz CT molecular complexity index is 937. The molecule has 3 aliphatic rings. The van der Waals surface area contributed by atoms with E-state index < -0.39 is 47.3 Å². The SMILES string of the molecule is O=C(N1CCCC1)n1c(C2=NC(C3CC3)NC(C(F)(F)C(F)(F)F)=C2)noc1=O. The fourth-order valence-corrected chi connectivity index (χ4v) is 3.28. The summed E-state index contributed by atoms with van der Waals surface area (Å²) in [6.45, 7) is 0.754. The summed E-state index contributed by atoms with van der Waals surface area (Å²) < 4.78 is 71.6. The van der Waals surface area contributed by atoms with Crippen LogP contribution in [0.1, 0.15) is 31.5 Å². The molecule has 29 heavy (non-hydrogen) atoms. The van der Waals surface area contributed by atoms with Crippen LogP contribution in [-0.2, 0) is 0 Å². The third kappa shape index (κ3) is 3.42. The number of alkyl halides is 5. The van der Waals surface area contributed by atoms with Gasteiger partial charge >= 0.3 is 23.9 Å². The molecule has 0 radical (unpaired) electrons. The van der Waals surface area contributed by atoms with Gasteiger partial charge in [-0.3, -0.25) is 9.52 Å². The van der Waals surface area contributed by atoms with E-state index in [4.69, 9.17) is 0 Å². The highest BCUT2D eigenvalue weighted by Gasteiger charge is 2.61. The van der Waals surface area contributed by atoms with E-state index in [1.165, 1.54) is 4.90 Å². The zero-order valence-corrected chi connectivity index (χ0v) is 14.9. The van der Waals surface area contributed by atoms with E-state index in [9.17, 15) is 31.5 Å². The molecule has 8 nitrogen and oxygen atoms in total. The highest BCUT2D eigenvalue weighted by atomic mass is 19.4. The molecule has 0 aromatic carbocycles. The monoisotopic (exact) mass is 421 g/mol. The second-order valence-electron chi connectivity index (χ2n) is 7.16. The summed E-state index contributed by atoms with van der Waals surface area (Å²) in [6, 6.07) is -0.787. The van der Waals surface area contributed by atoms with Gasteiger partial charge in [0, 0.05) is 13.1 Å². The number of nitrogens with zero attached hydrogens (tertiary/aromatic N) is 4. The fraction of sp³-hybridized carbons (Fsp3) is 0.625. The molecule has 1 unspecified atom stereocenters. The number of aliphatic imine (C=N–C) groups is 1. The van der Waals surface area contributed by atoms with E-state index in [-0.39, 0.29) is 5.92 Å². The second kappa shape index (κ2) is 6.66. The predicted octanol–water partition coefficient (Wildman–Crippen LogP) is 2.11. The van der Waals surface area contributed by atoms with Crippen molar-refractivity contribution in [1.82, 2.24) is 19.9 Å². The number of likely N-dealkylation sites (tertiary alicyclic amines) is 1. The van der Waals surface area contributed by atoms with Crippen molar-refractivity contribution < 1.29 is 31.3 Å².